The van der Waals surface area contributed by atoms with Gasteiger partial charge in [0.05, 0.1) is 12.5 Å². The first-order chi connectivity index (χ1) is 18.0. The molecule has 2 aromatic rings. The van der Waals surface area contributed by atoms with Gasteiger partial charge in [-0.3, -0.25) is 19.4 Å². The zero-order chi connectivity index (χ0) is 27.6. The fourth-order valence-electron chi connectivity index (χ4n) is 6.07. The van der Waals surface area contributed by atoms with Crippen molar-refractivity contribution in [3.63, 3.8) is 0 Å². The second kappa shape index (κ2) is 11.2. The molecule has 2 amide bonds. The van der Waals surface area contributed by atoms with Crippen LogP contribution in [0.15, 0.2) is 47.5 Å². The maximum Gasteiger partial charge on any atom is 0.305 e. The van der Waals surface area contributed by atoms with E-state index in [-0.39, 0.29) is 41.6 Å². The summed E-state index contributed by atoms with van der Waals surface area (Å²) in [6.45, 7) is 6.39. The third kappa shape index (κ3) is 5.75. The highest BCUT2D eigenvalue weighted by atomic mass is 35.5. The molecule has 1 saturated carbocycles. The first-order valence-electron chi connectivity index (χ1n) is 13.0. The van der Waals surface area contributed by atoms with E-state index in [0.29, 0.717) is 42.2 Å². The van der Waals surface area contributed by atoms with Crippen LogP contribution in [-0.4, -0.2) is 45.7 Å². The molecule has 3 atom stereocenters. The first-order valence-corrected chi connectivity index (χ1v) is 13.4. The molecular weight excluding hydrogens is 509 g/mol. The Morgan fingerprint density at radius 3 is 2.42 bits per heavy atom. The highest BCUT2D eigenvalue weighted by Gasteiger charge is 2.53. The molecular formula is C29H33ClFN3O4. The van der Waals surface area contributed by atoms with Crippen LogP contribution in [0.1, 0.15) is 80.4 Å². The van der Waals surface area contributed by atoms with Gasteiger partial charge in [0.2, 0.25) is 0 Å². The van der Waals surface area contributed by atoms with Crippen molar-refractivity contribution in [3.8, 4) is 0 Å². The van der Waals surface area contributed by atoms with Gasteiger partial charge in [0.15, 0.2) is 0 Å². The number of amides is 2. The van der Waals surface area contributed by atoms with E-state index in [9.17, 15) is 18.8 Å². The minimum atomic E-state index is -0.982. The third-order valence-electron chi connectivity index (χ3n) is 7.36. The lowest BCUT2D eigenvalue weighted by molar-refractivity contribution is -0.137. The van der Waals surface area contributed by atoms with Gasteiger partial charge in [0, 0.05) is 22.7 Å². The maximum absolute atomic E-state index is 14.2. The van der Waals surface area contributed by atoms with Crippen LogP contribution < -0.4 is 5.32 Å². The molecule has 0 saturated heterocycles. The van der Waals surface area contributed by atoms with Gasteiger partial charge in [-0.2, -0.15) is 0 Å². The van der Waals surface area contributed by atoms with Gasteiger partial charge in [-0.05, 0) is 73.4 Å². The Morgan fingerprint density at radius 2 is 1.84 bits per heavy atom. The molecule has 1 heterocycles. The number of rotatable bonds is 8. The van der Waals surface area contributed by atoms with E-state index in [4.69, 9.17) is 21.7 Å². The molecule has 2 unspecified atom stereocenters. The average Bonchev–Trinajstić information content (AvgIpc) is 3.09. The summed E-state index contributed by atoms with van der Waals surface area (Å²) in [5, 5.41) is 11.6. The molecule has 2 aromatic carbocycles. The zero-order valence-corrected chi connectivity index (χ0v) is 22.6. The standard InChI is InChI=1S/C29H33ClFN3O4/c1-4-24(19-5-7-20(8-6-19)27(37)32-10-9-25(35)36)34-28(38)26(21-12-22(30)14-23(31)13-21)33-29(34)15-17(2)11-18(3)16-29/h5-8,12-14,17-18,24H,4,9-11,15-16H2,1-3H3,(H,32,37)(H,35,36)/t17?,18?,24-,29?/m1/s1. The molecule has 9 heteroatoms. The largest absolute Gasteiger partial charge is 0.481 e. The third-order valence-corrected chi connectivity index (χ3v) is 7.58. The van der Waals surface area contributed by atoms with Crippen molar-refractivity contribution < 1.29 is 23.9 Å². The Labute approximate surface area is 227 Å². The molecule has 1 aliphatic heterocycles. The summed E-state index contributed by atoms with van der Waals surface area (Å²) < 4.78 is 14.2. The van der Waals surface area contributed by atoms with Crippen LogP contribution in [-0.2, 0) is 9.59 Å². The van der Waals surface area contributed by atoms with Crippen molar-refractivity contribution in [2.75, 3.05) is 6.54 Å². The Kier molecular flexibility index (Phi) is 8.21. The second-order valence-corrected chi connectivity index (χ2v) is 11.0. The van der Waals surface area contributed by atoms with Crippen LogP contribution in [0.3, 0.4) is 0 Å². The quantitative estimate of drug-likeness (QED) is 0.453. The van der Waals surface area contributed by atoms with E-state index in [1.165, 1.54) is 12.1 Å². The van der Waals surface area contributed by atoms with Gasteiger partial charge in [0.25, 0.3) is 11.8 Å². The van der Waals surface area contributed by atoms with E-state index in [1.807, 2.05) is 24.0 Å². The number of hydrogen-bond acceptors (Lipinski definition) is 4. The number of aliphatic imine (C=N–C) groups is 1. The zero-order valence-electron chi connectivity index (χ0n) is 21.8. The molecule has 202 valence electrons. The molecule has 2 N–H and O–H groups in total. The molecule has 4 rings (SSSR count). The number of carboxylic acid groups (broad SMARTS) is 1. The number of nitrogens with zero attached hydrogens (tertiary/aromatic N) is 2. The Bertz CT molecular complexity index is 1230. The Hall–Kier alpha value is -3.26. The molecule has 1 spiro atoms. The molecule has 38 heavy (non-hydrogen) atoms. The van der Waals surface area contributed by atoms with E-state index >= 15 is 0 Å². The van der Waals surface area contributed by atoms with E-state index in [2.05, 4.69) is 19.2 Å². The van der Waals surface area contributed by atoms with Crippen molar-refractivity contribution in [3.05, 3.63) is 70.0 Å². The van der Waals surface area contributed by atoms with Crippen LogP contribution in [0.25, 0.3) is 0 Å². The molecule has 7 nitrogen and oxygen atoms in total. The summed E-state index contributed by atoms with van der Waals surface area (Å²) in [6.07, 6.45) is 2.92. The monoisotopic (exact) mass is 541 g/mol. The van der Waals surface area contributed by atoms with Gasteiger partial charge < -0.3 is 15.3 Å². The minimum absolute atomic E-state index is 0.0406. The summed E-state index contributed by atoms with van der Waals surface area (Å²) in [7, 11) is 0. The van der Waals surface area contributed by atoms with E-state index in [1.54, 1.807) is 18.2 Å². The Balaban J connectivity index is 1.68. The Morgan fingerprint density at radius 1 is 1.18 bits per heavy atom. The number of benzene rings is 2. The number of aliphatic carboxylic acids is 1. The normalized spacial score (nSPS) is 23.9. The fraction of sp³-hybridized carbons (Fsp3) is 0.448. The topological polar surface area (TPSA) is 99.1 Å². The van der Waals surface area contributed by atoms with Crippen LogP contribution in [0.4, 0.5) is 4.39 Å². The van der Waals surface area contributed by atoms with Crippen molar-refractivity contribution in [1.29, 1.82) is 0 Å². The van der Waals surface area contributed by atoms with Gasteiger partial charge >= 0.3 is 5.97 Å². The summed E-state index contributed by atoms with van der Waals surface area (Å²) in [4.78, 5) is 44.1. The SMILES string of the molecule is CC[C@H](c1ccc(C(=O)NCCC(=O)O)cc1)N1C(=O)C(c2cc(F)cc(Cl)c2)=NC12CC(C)CC(C)C2. The summed E-state index contributed by atoms with van der Waals surface area (Å²) >= 11 is 6.13. The van der Waals surface area contributed by atoms with Crippen molar-refractivity contribution >= 4 is 35.1 Å². The number of nitrogens with one attached hydrogen (secondary N) is 1. The molecule has 0 radical (unpaired) electrons. The highest BCUT2D eigenvalue weighted by molar-refractivity contribution is 6.47. The van der Waals surface area contributed by atoms with Crippen LogP contribution in [0, 0.1) is 17.7 Å². The summed E-state index contributed by atoms with van der Waals surface area (Å²) in [6, 6.07) is 10.8. The minimum Gasteiger partial charge on any atom is -0.481 e. The van der Waals surface area contributed by atoms with Gasteiger partial charge in [-0.1, -0.05) is 44.5 Å². The summed E-state index contributed by atoms with van der Waals surface area (Å²) in [5.41, 5.74) is 1.11. The van der Waals surface area contributed by atoms with Crippen molar-refractivity contribution in [1.82, 2.24) is 10.2 Å². The smallest absolute Gasteiger partial charge is 0.305 e. The van der Waals surface area contributed by atoms with Crippen LogP contribution in [0.2, 0.25) is 5.02 Å². The van der Waals surface area contributed by atoms with Crippen molar-refractivity contribution in [2.24, 2.45) is 16.8 Å². The fourth-order valence-corrected chi connectivity index (χ4v) is 6.29. The number of carbonyl (C=O) groups excluding carboxylic acids is 2. The lowest BCUT2D eigenvalue weighted by atomic mass is 9.75. The number of carbonyl (C=O) groups is 3. The summed E-state index contributed by atoms with van der Waals surface area (Å²) in [5.74, 6) is -1.42. The van der Waals surface area contributed by atoms with Crippen LogP contribution >= 0.6 is 11.6 Å². The number of carboxylic acids is 1. The number of halogens is 2. The molecule has 2 aliphatic rings. The number of hydrogen-bond donors (Lipinski definition) is 2. The van der Waals surface area contributed by atoms with E-state index < -0.39 is 17.4 Å². The van der Waals surface area contributed by atoms with Crippen molar-refractivity contribution in [2.45, 2.75) is 64.6 Å². The van der Waals surface area contributed by atoms with Gasteiger partial charge in [-0.15, -0.1) is 0 Å². The maximum atomic E-state index is 14.2. The molecule has 0 bridgehead atoms. The predicted octanol–water partition coefficient (Wildman–Crippen LogP) is 5.62. The molecule has 0 aromatic heterocycles. The highest BCUT2D eigenvalue weighted by Crippen LogP contribution is 2.48. The van der Waals surface area contributed by atoms with Gasteiger partial charge in [0.1, 0.15) is 17.2 Å². The molecule has 1 aliphatic carbocycles. The van der Waals surface area contributed by atoms with Gasteiger partial charge in [-0.25, -0.2) is 4.39 Å². The van der Waals surface area contributed by atoms with E-state index in [0.717, 1.165) is 12.0 Å². The lowest BCUT2D eigenvalue weighted by Crippen LogP contribution is -2.52. The average molecular weight is 542 g/mol. The van der Waals surface area contributed by atoms with Crippen LogP contribution in [0.5, 0.6) is 0 Å². The first kappa shape index (κ1) is 27.8. The second-order valence-electron chi connectivity index (χ2n) is 10.6. The lowest BCUT2D eigenvalue weighted by Gasteiger charge is -2.47. The predicted molar refractivity (Wildman–Crippen MR) is 144 cm³/mol. The molecule has 1 fully saturated rings.